The van der Waals surface area contributed by atoms with Crippen LogP contribution in [-0.2, 0) is 11.6 Å². The van der Waals surface area contributed by atoms with Crippen LogP contribution in [-0.4, -0.2) is 20.9 Å². The van der Waals surface area contributed by atoms with Crippen LogP contribution in [0.4, 0.5) is 24.5 Å². The maximum absolute atomic E-state index is 13.7. The molecule has 0 saturated heterocycles. The summed E-state index contributed by atoms with van der Waals surface area (Å²) in [7, 11) is 0. The minimum absolute atomic E-state index is 0.0110. The number of amides is 1. The average Bonchev–Trinajstić information content (AvgIpc) is 2.66. The van der Waals surface area contributed by atoms with Gasteiger partial charge in [0.15, 0.2) is 0 Å². The molecule has 12 heteroatoms. The molecule has 3 rings (SSSR count). The SMILES string of the molecule is CC(C)(C)c1cc(C(F)(F)F)c(NC(=O)c2c[nH]c3c(Br)ccc([N+](=O)[O-])c3c2=O)cc1O. The summed E-state index contributed by atoms with van der Waals surface area (Å²) in [5, 5.41) is 23.2. The normalized spacial score (nSPS) is 12.1. The van der Waals surface area contributed by atoms with Crippen molar-refractivity contribution in [3.8, 4) is 5.75 Å². The first-order valence-electron chi connectivity index (χ1n) is 9.37. The summed E-state index contributed by atoms with van der Waals surface area (Å²) < 4.78 is 41.4. The maximum Gasteiger partial charge on any atom is 0.418 e. The van der Waals surface area contributed by atoms with E-state index in [0.717, 1.165) is 24.4 Å². The number of alkyl halides is 3. The molecule has 3 aromatic rings. The number of carbonyl (C=O) groups excluding carboxylic acids is 1. The number of nitro groups is 1. The third-order valence-corrected chi connectivity index (χ3v) is 5.56. The molecule has 0 atom stereocenters. The first-order valence-corrected chi connectivity index (χ1v) is 10.2. The van der Waals surface area contributed by atoms with Gasteiger partial charge in [0, 0.05) is 22.8 Å². The smallest absolute Gasteiger partial charge is 0.418 e. The molecule has 1 aromatic heterocycles. The standard InChI is InChI=1S/C21H17BrF3N3O5/c1-20(2,3)11-6-10(21(23,24)25)13(7-15(11)29)27-19(31)9-8-26-17-12(22)4-5-14(28(32)33)16(17)18(9)30/h4-8,29H,1-3H3,(H,26,30)(H,27,31). The second-order valence-electron chi connectivity index (χ2n) is 8.22. The molecule has 174 valence electrons. The number of halogens is 4. The largest absolute Gasteiger partial charge is 0.508 e. The van der Waals surface area contributed by atoms with E-state index in [2.05, 4.69) is 20.9 Å². The minimum atomic E-state index is -4.88. The van der Waals surface area contributed by atoms with Crippen molar-refractivity contribution in [2.45, 2.75) is 32.4 Å². The van der Waals surface area contributed by atoms with Crippen LogP contribution in [0.25, 0.3) is 10.9 Å². The highest BCUT2D eigenvalue weighted by Crippen LogP contribution is 2.42. The number of anilines is 1. The molecule has 0 unspecified atom stereocenters. The Kier molecular flexibility index (Phi) is 6.01. The number of phenols is 1. The van der Waals surface area contributed by atoms with E-state index in [1.54, 1.807) is 20.8 Å². The summed E-state index contributed by atoms with van der Waals surface area (Å²) in [6.45, 7) is 4.83. The van der Waals surface area contributed by atoms with Crippen molar-refractivity contribution in [3.63, 3.8) is 0 Å². The van der Waals surface area contributed by atoms with Gasteiger partial charge in [-0.3, -0.25) is 19.7 Å². The predicted molar refractivity (Wildman–Crippen MR) is 119 cm³/mol. The number of non-ortho nitro benzene ring substituents is 1. The van der Waals surface area contributed by atoms with Crippen LogP contribution in [0.1, 0.15) is 42.3 Å². The van der Waals surface area contributed by atoms with Crippen LogP contribution in [0, 0.1) is 10.1 Å². The van der Waals surface area contributed by atoms with Gasteiger partial charge in [0.25, 0.3) is 11.6 Å². The predicted octanol–water partition coefficient (Wildman–Crippen LogP) is 5.47. The zero-order chi connectivity index (χ0) is 24.9. The first-order chi connectivity index (χ1) is 15.1. The van der Waals surface area contributed by atoms with Crippen LogP contribution >= 0.6 is 15.9 Å². The second-order valence-corrected chi connectivity index (χ2v) is 9.08. The van der Waals surface area contributed by atoms with Gasteiger partial charge >= 0.3 is 6.18 Å². The van der Waals surface area contributed by atoms with Gasteiger partial charge in [-0.2, -0.15) is 13.2 Å². The average molecular weight is 528 g/mol. The van der Waals surface area contributed by atoms with Crippen molar-refractivity contribution in [1.82, 2.24) is 4.98 Å². The number of hydrogen-bond donors (Lipinski definition) is 3. The lowest BCUT2D eigenvalue weighted by Crippen LogP contribution is -2.24. The van der Waals surface area contributed by atoms with E-state index in [9.17, 15) is 38.0 Å². The Bertz CT molecular complexity index is 1360. The number of nitro benzene ring substituents is 1. The molecule has 0 bridgehead atoms. The molecule has 0 fully saturated rings. The van der Waals surface area contributed by atoms with Crippen LogP contribution in [0.3, 0.4) is 0 Å². The van der Waals surface area contributed by atoms with Crippen LogP contribution in [0.2, 0.25) is 0 Å². The highest BCUT2D eigenvalue weighted by Gasteiger charge is 2.36. The lowest BCUT2D eigenvalue weighted by Gasteiger charge is -2.24. The fourth-order valence-corrected chi connectivity index (χ4v) is 3.76. The number of aromatic nitrogens is 1. The van der Waals surface area contributed by atoms with Crippen molar-refractivity contribution in [3.05, 3.63) is 72.0 Å². The summed E-state index contributed by atoms with van der Waals surface area (Å²) >= 11 is 3.15. The van der Waals surface area contributed by atoms with Crippen molar-refractivity contribution in [1.29, 1.82) is 0 Å². The molecule has 0 aliphatic carbocycles. The van der Waals surface area contributed by atoms with Gasteiger partial charge in [-0.15, -0.1) is 0 Å². The highest BCUT2D eigenvalue weighted by atomic mass is 79.9. The molecule has 0 radical (unpaired) electrons. The Hall–Kier alpha value is -3.41. The van der Waals surface area contributed by atoms with E-state index in [0.29, 0.717) is 4.47 Å². The molecular formula is C21H17BrF3N3O5. The monoisotopic (exact) mass is 527 g/mol. The number of H-pyrrole nitrogens is 1. The fourth-order valence-electron chi connectivity index (χ4n) is 3.32. The van der Waals surface area contributed by atoms with E-state index >= 15 is 0 Å². The van der Waals surface area contributed by atoms with E-state index in [4.69, 9.17) is 0 Å². The first kappa shape index (κ1) is 24.2. The number of phenolic OH excluding ortho intramolecular Hbond substituents is 1. The molecule has 0 aliphatic rings. The van der Waals surface area contributed by atoms with Gasteiger partial charge in [0.2, 0.25) is 5.43 Å². The molecule has 33 heavy (non-hydrogen) atoms. The van der Waals surface area contributed by atoms with E-state index in [-0.39, 0.29) is 11.1 Å². The number of aromatic amines is 1. The fraction of sp³-hybridized carbons (Fsp3) is 0.238. The van der Waals surface area contributed by atoms with Gasteiger partial charge < -0.3 is 15.4 Å². The number of nitrogens with one attached hydrogen (secondary N) is 2. The lowest BCUT2D eigenvalue weighted by molar-refractivity contribution is -0.383. The minimum Gasteiger partial charge on any atom is -0.508 e. The van der Waals surface area contributed by atoms with Gasteiger partial charge in [-0.25, -0.2) is 0 Å². The number of carbonyl (C=O) groups is 1. The summed E-state index contributed by atoms with van der Waals surface area (Å²) in [5.41, 5.74) is -5.01. The Balaban J connectivity index is 2.16. The van der Waals surface area contributed by atoms with Crippen molar-refractivity contribution in [2.24, 2.45) is 0 Å². The molecule has 0 spiro atoms. The highest BCUT2D eigenvalue weighted by molar-refractivity contribution is 9.10. The molecule has 8 nitrogen and oxygen atoms in total. The number of pyridine rings is 1. The van der Waals surface area contributed by atoms with Crippen LogP contribution in [0.5, 0.6) is 5.75 Å². The second kappa shape index (κ2) is 8.18. The third kappa shape index (κ3) is 4.56. The molecule has 0 saturated carbocycles. The van der Waals surface area contributed by atoms with Gasteiger partial charge in [-0.1, -0.05) is 20.8 Å². The number of benzene rings is 2. The molecule has 3 N–H and O–H groups in total. The summed E-state index contributed by atoms with van der Waals surface area (Å²) in [4.78, 5) is 38.8. The quantitative estimate of drug-likeness (QED) is 0.307. The molecule has 1 heterocycles. The Labute approximate surface area is 192 Å². The van der Waals surface area contributed by atoms with Gasteiger partial charge in [0.1, 0.15) is 16.7 Å². The zero-order valence-corrected chi connectivity index (χ0v) is 19.0. The zero-order valence-electron chi connectivity index (χ0n) is 17.4. The van der Waals surface area contributed by atoms with Crippen molar-refractivity contribution >= 4 is 44.1 Å². The molecular weight excluding hydrogens is 511 g/mol. The topological polar surface area (TPSA) is 125 Å². The lowest BCUT2D eigenvalue weighted by atomic mass is 9.85. The summed E-state index contributed by atoms with van der Waals surface area (Å²) in [5.74, 6) is -1.71. The van der Waals surface area contributed by atoms with Crippen molar-refractivity contribution < 1.29 is 28.0 Å². The third-order valence-electron chi connectivity index (χ3n) is 4.90. The molecule has 1 amide bonds. The number of rotatable bonds is 3. The molecule has 2 aromatic carbocycles. The number of fused-ring (bicyclic) bond motifs is 1. The van der Waals surface area contributed by atoms with Gasteiger partial charge in [-0.05, 0) is 39.0 Å². The van der Waals surface area contributed by atoms with Crippen LogP contribution < -0.4 is 10.7 Å². The van der Waals surface area contributed by atoms with Gasteiger partial charge in [0.05, 0.1) is 21.7 Å². The maximum atomic E-state index is 13.7. The number of hydrogen-bond acceptors (Lipinski definition) is 5. The summed E-state index contributed by atoms with van der Waals surface area (Å²) in [6, 6.07) is 3.90. The van der Waals surface area contributed by atoms with E-state index in [1.165, 1.54) is 6.07 Å². The number of nitrogens with zero attached hydrogens (tertiary/aromatic N) is 1. The van der Waals surface area contributed by atoms with Crippen molar-refractivity contribution in [2.75, 3.05) is 5.32 Å². The van der Waals surface area contributed by atoms with Crippen LogP contribution in [0.15, 0.2) is 39.7 Å². The number of aromatic hydroxyl groups is 1. The van der Waals surface area contributed by atoms with E-state index in [1.807, 2.05) is 5.32 Å². The van der Waals surface area contributed by atoms with E-state index < -0.39 is 61.5 Å². The Morgan fingerprint density at radius 2 is 1.82 bits per heavy atom. The Morgan fingerprint density at radius 1 is 1.18 bits per heavy atom. The molecule has 0 aliphatic heterocycles. The Morgan fingerprint density at radius 3 is 2.36 bits per heavy atom. The summed E-state index contributed by atoms with van der Waals surface area (Å²) in [6.07, 6.45) is -3.93.